The van der Waals surface area contributed by atoms with Crippen molar-refractivity contribution < 1.29 is 22.7 Å². The summed E-state index contributed by atoms with van der Waals surface area (Å²) in [6.45, 7) is 0. The predicted molar refractivity (Wildman–Crippen MR) is 60.9 cm³/mol. The zero-order valence-electron chi connectivity index (χ0n) is 10.5. The highest BCUT2D eigenvalue weighted by molar-refractivity contribution is 5.96. The first-order chi connectivity index (χ1) is 8.80. The van der Waals surface area contributed by atoms with Crippen LogP contribution in [0.2, 0.25) is 0 Å². The van der Waals surface area contributed by atoms with Gasteiger partial charge in [0, 0.05) is 20.3 Å². The van der Waals surface area contributed by atoms with Crippen LogP contribution >= 0.6 is 0 Å². The molecule has 4 nitrogen and oxygen atoms in total. The van der Waals surface area contributed by atoms with E-state index >= 15 is 0 Å². The van der Waals surface area contributed by atoms with Crippen molar-refractivity contribution in [1.29, 1.82) is 0 Å². The third-order valence-electron chi connectivity index (χ3n) is 2.62. The first-order valence-electron chi connectivity index (χ1n) is 5.75. The number of ether oxygens (including phenoxy) is 1. The summed E-state index contributed by atoms with van der Waals surface area (Å²) in [5.74, 6) is -1.00. The van der Waals surface area contributed by atoms with Crippen LogP contribution < -0.4 is 4.74 Å². The lowest BCUT2D eigenvalue weighted by atomic mass is 10.1. The molecule has 1 aliphatic rings. The Morgan fingerprint density at radius 2 is 2.05 bits per heavy atom. The standard InChI is InChI=1S/C12H13F3N2O2/c1-17(2)11(18)8-5-6-16-10(12(13,14)15)9(8)19-7-3-4-7/h5-7H,3-4H2,1-2H3. The lowest BCUT2D eigenvalue weighted by Crippen LogP contribution is -2.24. The average Bonchev–Trinajstić information content (AvgIpc) is 3.10. The van der Waals surface area contributed by atoms with Gasteiger partial charge in [0.1, 0.15) is 0 Å². The molecule has 19 heavy (non-hydrogen) atoms. The van der Waals surface area contributed by atoms with E-state index in [0.717, 1.165) is 6.20 Å². The van der Waals surface area contributed by atoms with Gasteiger partial charge in [-0.15, -0.1) is 0 Å². The Kier molecular flexibility index (Phi) is 3.38. The first kappa shape index (κ1) is 13.6. The Hall–Kier alpha value is -1.79. The van der Waals surface area contributed by atoms with Crippen LogP contribution in [0.3, 0.4) is 0 Å². The molecule has 0 aromatic carbocycles. The maximum absolute atomic E-state index is 12.9. The van der Waals surface area contributed by atoms with Crippen molar-refractivity contribution in [2.24, 2.45) is 0 Å². The quantitative estimate of drug-likeness (QED) is 0.849. The second kappa shape index (κ2) is 4.71. The van der Waals surface area contributed by atoms with Crippen LogP contribution in [0.25, 0.3) is 0 Å². The van der Waals surface area contributed by atoms with Crippen LogP contribution in [0.15, 0.2) is 12.3 Å². The minimum absolute atomic E-state index is 0.112. The molecule has 0 N–H and O–H groups in total. The number of rotatable bonds is 3. The molecule has 0 spiro atoms. The maximum Gasteiger partial charge on any atom is 0.437 e. The molecule has 0 saturated heterocycles. The van der Waals surface area contributed by atoms with E-state index in [1.54, 1.807) is 0 Å². The van der Waals surface area contributed by atoms with Gasteiger partial charge in [-0.2, -0.15) is 13.2 Å². The van der Waals surface area contributed by atoms with E-state index in [4.69, 9.17) is 4.74 Å². The molecule has 0 atom stereocenters. The van der Waals surface area contributed by atoms with Crippen LogP contribution in [-0.2, 0) is 6.18 Å². The number of halogens is 3. The van der Waals surface area contributed by atoms with Crippen molar-refractivity contribution in [1.82, 2.24) is 9.88 Å². The van der Waals surface area contributed by atoms with E-state index in [1.165, 1.54) is 25.1 Å². The monoisotopic (exact) mass is 274 g/mol. The zero-order chi connectivity index (χ0) is 14.2. The number of hydrogen-bond donors (Lipinski definition) is 0. The molecular weight excluding hydrogens is 261 g/mol. The fraction of sp³-hybridized carbons (Fsp3) is 0.500. The number of hydrogen-bond acceptors (Lipinski definition) is 3. The number of alkyl halides is 3. The summed E-state index contributed by atoms with van der Waals surface area (Å²) in [6, 6.07) is 1.25. The number of aromatic nitrogens is 1. The molecule has 1 aromatic rings. The van der Waals surface area contributed by atoms with Crippen molar-refractivity contribution in [3.8, 4) is 5.75 Å². The van der Waals surface area contributed by atoms with E-state index in [2.05, 4.69) is 4.98 Å². The molecular formula is C12H13F3N2O2. The van der Waals surface area contributed by atoms with E-state index in [0.29, 0.717) is 12.8 Å². The van der Waals surface area contributed by atoms with Gasteiger partial charge in [-0.05, 0) is 18.9 Å². The number of pyridine rings is 1. The first-order valence-corrected chi connectivity index (χ1v) is 5.75. The van der Waals surface area contributed by atoms with E-state index in [1.807, 2.05) is 0 Å². The van der Waals surface area contributed by atoms with Gasteiger partial charge in [0.2, 0.25) is 0 Å². The molecule has 1 aliphatic carbocycles. The highest BCUT2D eigenvalue weighted by atomic mass is 19.4. The van der Waals surface area contributed by atoms with Crippen molar-refractivity contribution >= 4 is 5.91 Å². The molecule has 2 rings (SSSR count). The summed E-state index contributed by atoms with van der Waals surface area (Å²) in [6.07, 6.45) is -2.53. The highest BCUT2D eigenvalue weighted by Gasteiger charge is 2.40. The predicted octanol–water partition coefficient (Wildman–Crippen LogP) is 2.34. The molecule has 7 heteroatoms. The molecule has 1 aromatic heterocycles. The average molecular weight is 274 g/mol. The molecule has 0 radical (unpaired) electrons. The van der Waals surface area contributed by atoms with Crippen LogP contribution in [0.4, 0.5) is 13.2 Å². The fourth-order valence-electron chi connectivity index (χ4n) is 1.53. The Balaban J connectivity index is 2.49. The normalized spacial score (nSPS) is 15.2. The second-order valence-corrected chi connectivity index (χ2v) is 4.55. The molecule has 0 unspecified atom stereocenters. The molecule has 1 amide bonds. The topological polar surface area (TPSA) is 42.4 Å². The SMILES string of the molecule is CN(C)C(=O)c1ccnc(C(F)(F)F)c1OC1CC1. The third kappa shape index (κ3) is 2.97. The van der Waals surface area contributed by atoms with Crippen LogP contribution in [-0.4, -0.2) is 36.0 Å². The third-order valence-corrected chi connectivity index (χ3v) is 2.62. The van der Waals surface area contributed by atoms with Crippen LogP contribution in [0.1, 0.15) is 28.9 Å². The summed E-state index contributed by atoms with van der Waals surface area (Å²) >= 11 is 0. The van der Waals surface area contributed by atoms with Gasteiger partial charge in [-0.1, -0.05) is 0 Å². The van der Waals surface area contributed by atoms with Gasteiger partial charge in [0.15, 0.2) is 11.4 Å². The number of carbonyl (C=O) groups excluding carboxylic acids is 1. The van der Waals surface area contributed by atoms with Gasteiger partial charge >= 0.3 is 6.18 Å². The number of amides is 1. The van der Waals surface area contributed by atoms with E-state index < -0.39 is 23.5 Å². The maximum atomic E-state index is 12.9. The smallest absolute Gasteiger partial charge is 0.437 e. The lowest BCUT2D eigenvalue weighted by Gasteiger charge is -2.18. The van der Waals surface area contributed by atoms with Gasteiger partial charge in [0.05, 0.1) is 11.7 Å². The van der Waals surface area contributed by atoms with E-state index in [9.17, 15) is 18.0 Å². The Bertz CT molecular complexity index is 496. The Labute approximate surface area is 108 Å². The fourth-order valence-corrected chi connectivity index (χ4v) is 1.53. The molecule has 0 bridgehead atoms. The van der Waals surface area contributed by atoms with Gasteiger partial charge in [0.25, 0.3) is 5.91 Å². The summed E-state index contributed by atoms with van der Waals surface area (Å²) in [7, 11) is 2.94. The van der Waals surface area contributed by atoms with Gasteiger partial charge in [-0.25, -0.2) is 4.98 Å². The van der Waals surface area contributed by atoms with Crippen molar-refractivity contribution in [2.45, 2.75) is 25.1 Å². The Morgan fingerprint density at radius 3 is 2.53 bits per heavy atom. The second-order valence-electron chi connectivity index (χ2n) is 4.55. The van der Waals surface area contributed by atoms with E-state index in [-0.39, 0.29) is 11.7 Å². The molecule has 1 fully saturated rings. The molecule has 1 heterocycles. The lowest BCUT2D eigenvalue weighted by molar-refractivity contribution is -0.142. The number of carbonyl (C=O) groups is 1. The van der Waals surface area contributed by atoms with Crippen molar-refractivity contribution in [3.63, 3.8) is 0 Å². The molecule has 0 aliphatic heterocycles. The molecule has 104 valence electrons. The Morgan fingerprint density at radius 1 is 1.42 bits per heavy atom. The zero-order valence-corrected chi connectivity index (χ0v) is 10.5. The van der Waals surface area contributed by atoms with Crippen LogP contribution in [0.5, 0.6) is 5.75 Å². The minimum Gasteiger partial charge on any atom is -0.487 e. The van der Waals surface area contributed by atoms with Crippen molar-refractivity contribution in [3.05, 3.63) is 23.5 Å². The summed E-state index contributed by atoms with van der Waals surface area (Å²) in [4.78, 5) is 16.4. The highest BCUT2D eigenvalue weighted by Crippen LogP contribution is 2.39. The number of nitrogens with zero attached hydrogens (tertiary/aromatic N) is 2. The van der Waals surface area contributed by atoms with Crippen molar-refractivity contribution in [2.75, 3.05) is 14.1 Å². The minimum atomic E-state index is -4.65. The largest absolute Gasteiger partial charge is 0.487 e. The van der Waals surface area contributed by atoms with Gasteiger partial charge in [-0.3, -0.25) is 4.79 Å². The molecule has 1 saturated carbocycles. The van der Waals surface area contributed by atoms with Crippen LogP contribution in [0, 0.1) is 0 Å². The summed E-state index contributed by atoms with van der Waals surface area (Å²) in [5.41, 5.74) is -1.26. The van der Waals surface area contributed by atoms with Gasteiger partial charge < -0.3 is 9.64 Å². The summed E-state index contributed by atoms with van der Waals surface area (Å²) in [5, 5.41) is 0. The summed E-state index contributed by atoms with van der Waals surface area (Å²) < 4.78 is 43.9.